The van der Waals surface area contributed by atoms with Crippen molar-refractivity contribution in [3.8, 4) is 0 Å². The fraction of sp³-hybridized carbons (Fsp3) is 0.846. The molecule has 0 aliphatic carbocycles. The van der Waals surface area contributed by atoms with Crippen LogP contribution < -0.4 is 10.6 Å². The molecule has 1 amide bonds. The lowest BCUT2D eigenvalue weighted by Crippen LogP contribution is -2.51. The molecule has 1 aliphatic rings. The molecule has 0 spiro atoms. The molecular weight excluding hydrogens is 248 g/mol. The zero-order valence-corrected chi connectivity index (χ0v) is 12.1. The van der Waals surface area contributed by atoms with Crippen LogP contribution in [0.2, 0.25) is 0 Å². The van der Waals surface area contributed by atoms with Crippen LogP contribution in [-0.4, -0.2) is 43.9 Å². The zero-order chi connectivity index (χ0) is 14.5. The van der Waals surface area contributed by atoms with Gasteiger partial charge in [-0.2, -0.15) is 0 Å². The molecule has 1 heterocycles. The van der Waals surface area contributed by atoms with Crippen molar-refractivity contribution in [3.63, 3.8) is 0 Å². The molecule has 0 radical (unpaired) electrons. The van der Waals surface area contributed by atoms with Gasteiger partial charge in [-0.05, 0) is 33.7 Å². The summed E-state index contributed by atoms with van der Waals surface area (Å²) in [5.41, 5.74) is -0.519. The summed E-state index contributed by atoms with van der Waals surface area (Å²) in [6.45, 7) is 6.97. The Bertz CT molecular complexity index is 325. The van der Waals surface area contributed by atoms with Gasteiger partial charge < -0.3 is 20.1 Å². The Morgan fingerprint density at radius 1 is 1.37 bits per heavy atom. The topological polar surface area (TPSA) is 76.7 Å². The quantitative estimate of drug-likeness (QED) is 0.751. The molecule has 1 saturated heterocycles. The first-order valence-corrected chi connectivity index (χ1v) is 6.59. The predicted octanol–water partition coefficient (Wildman–Crippen LogP) is 1.05. The summed E-state index contributed by atoms with van der Waals surface area (Å²) in [5, 5.41) is 6.06. The molecule has 6 nitrogen and oxygen atoms in total. The summed E-state index contributed by atoms with van der Waals surface area (Å²) in [5.74, 6) is -0.224. The minimum atomic E-state index is -0.519. The maximum absolute atomic E-state index is 11.8. The summed E-state index contributed by atoms with van der Waals surface area (Å²) in [6, 6.07) is -0.0600. The highest BCUT2D eigenvalue weighted by molar-refractivity contribution is 5.70. The van der Waals surface area contributed by atoms with E-state index in [9.17, 15) is 9.59 Å². The number of hydrogen-bond donors (Lipinski definition) is 2. The van der Waals surface area contributed by atoms with Crippen molar-refractivity contribution in [1.82, 2.24) is 10.6 Å². The molecule has 0 bridgehead atoms. The first kappa shape index (κ1) is 15.8. The summed E-state index contributed by atoms with van der Waals surface area (Å²) >= 11 is 0. The van der Waals surface area contributed by atoms with E-state index in [1.54, 1.807) is 0 Å². The minimum absolute atomic E-state index is 0.0359. The van der Waals surface area contributed by atoms with Crippen LogP contribution >= 0.6 is 0 Å². The van der Waals surface area contributed by atoms with E-state index < -0.39 is 11.7 Å². The Kier molecular flexibility index (Phi) is 5.60. The Labute approximate surface area is 114 Å². The van der Waals surface area contributed by atoms with Crippen LogP contribution in [0.15, 0.2) is 0 Å². The van der Waals surface area contributed by atoms with Crippen molar-refractivity contribution in [2.75, 3.05) is 20.2 Å². The third kappa shape index (κ3) is 5.92. The maximum atomic E-state index is 11.8. The van der Waals surface area contributed by atoms with Gasteiger partial charge in [0.05, 0.1) is 13.5 Å². The number of ether oxygens (including phenoxy) is 2. The Morgan fingerprint density at radius 2 is 2.05 bits per heavy atom. The highest BCUT2D eigenvalue weighted by Crippen LogP contribution is 2.17. The van der Waals surface area contributed by atoms with Crippen molar-refractivity contribution in [2.24, 2.45) is 5.92 Å². The Hall–Kier alpha value is -1.30. The molecule has 1 aliphatic heterocycles. The second-order valence-corrected chi connectivity index (χ2v) is 5.79. The fourth-order valence-corrected chi connectivity index (χ4v) is 2.08. The van der Waals surface area contributed by atoms with E-state index in [4.69, 9.17) is 4.74 Å². The number of carbonyl (C=O) groups is 2. The third-order valence-corrected chi connectivity index (χ3v) is 2.97. The fourth-order valence-electron chi connectivity index (χ4n) is 2.08. The molecule has 0 saturated carbocycles. The third-order valence-electron chi connectivity index (χ3n) is 2.97. The summed E-state index contributed by atoms with van der Waals surface area (Å²) in [4.78, 5) is 23.1. The highest BCUT2D eigenvalue weighted by atomic mass is 16.6. The second kappa shape index (κ2) is 6.75. The van der Waals surface area contributed by atoms with Gasteiger partial charge in [-0.1, -0.05) is 0 Å². The zero-order valence-electron chi connectivity index (χ0n) is 12.1. The SMILES string of the molecule is COC(=O)C[C@H]1CNCC[C@H]1NC(=O)OC(C)(C)C. The summed E-state index contributed by atoms with van der Waals surface area (Å²) in [6.07, 6.45) is 0.638. The van der Waals surface area contributed by atoms with Crippen LogP contribution in [0.3, 0.4) is 0 Å². The first-order valence-electron chi connectivity index (χ1n) is 6.59. The van der Waals surface area contributed by atoms with Crippen LogP contribution in [0.4, 0.5) is 4.79 Å². The molecule has 0 aromatic heterocycles. The van der Waals surface area contributed by atoms with Crippen LogP contribution in [0.1, 0.15) is 33.6 Å². The molecular formula is C13H24N2O4. The van der Waals surface area contributed by atoms with Crippen molar-refractivity contribution < 1.29 is 19.1 Å². The van der Waals surface area contributed by atoms with Gasteiger partial charge in [0.1, 0.15) is 5.60 Å². The Balaban J connectivity index is 2.52. The van der Waals surface area contributed by atoms with Gasteiger partial charge >= 0.3 is 12.1 Å². The van der Waals surface area contributed by atoms with E-state index in [-0.39, 0.29) is 17.9 Å². The van der Waals surface area contributed by atoms with Gasteiger partial charge in [0, 0.05) is 18.5 Å². The first-order chi connectivity index (χ1) is 8.81. The molecule has 1 rings (SSSR count). The Morgan fingerprint density at radius 3 is 2.63 bits per heavy atom. The number of rotatable bonds is 3. The van der Waals surface area contributed by atoms with E-state index >= 15 is 0 Å². The van der Waals surface area contributed by atoms with Crippen LogP contribution in [0, 0.1) is 5.92 Å². The van der Waals surface area contributed by atoms with Crippen LogP contribution in [-0.2, 0) is 14.3 Å². The molecule has 0 aromatic carbocycles. The lowest BCUT2D eigenvalue weighted by Gasteiger charge is -2.32. The number of amides is 1. The normalized spacial score (nSPS) is 23.6. The average Bonchev–Trinajstić information content (AvgIpc) is 2.29. The van der Waals surface area contributed by atoms with Crippen molar-refractivity contribution >= 4 is 12.1 Å². The van der Waals surface area contributed by atoms with Gasteiger partial charge in [-0.3, -0.25) is 4.79 Å². The highest BCUT2D eigenvalue weighted by Gasteiger charge is 2.30. The van der Waals surface area contributed by atoms with Gasteiger partial charge in [0.25, 0.3) is 0 Å². The molecule has 1 fully saturated rings. The smallest absolute Gasteiger partial charge is 0.407 e. The molecule has 19 heavy (non-hydrogen) atoms. The molecule has 0 aromatic rings. The molecule has 2 N–H and O–H groups in total. The summed E-state index contributed by atoms with van der Waals surface area (Å²) in [7, 11) is 1.37. The number of methoxy groups -OCH3 is 1. The number of carbonyl (C=O) groups excluding carboxylic acids is 2. The molecule has 6 heteroatoms. The largest absolute Gasteiger partial charge is 0.469 e. The van der Waals surface area contributed by atoms with Crippen LogP contribution in [0.5, 0.6) is 0 Å². The van der Waals surface area contributed by atoms with Gasteiger partial charge in [0.2, 0.25) is 0 Å². The van der Waals surface area contributed by atoms with Crippen molar-refractivity contribution in [1.29, 1.82) is 0 Å². The van der Waals surface area contributed by atoms with Gasteiger partial charge in [0.15, 0.2) is 0 Å². The minimum Gasteiger partial charge on any atom is -0.469 e. The van der Waals surface area contributed by atoms with Crippen molar-refractivity contribution in [2.45, 2.75) is 45.3 Å². The van der Waals surface area contributed by atoms with Gasteiger partial charge in [-0.25, -0.2) is 4.79 Å². The van der Waals surface area contributed by atoms with E-state index in [1.165, 1.54) is 7.11 Å². The molecule has 2 atom stereocenters. The number of alkyl carbamates (subject to hydrolysis) is 1. The number of esters is 1. The van der Waals surface area contributed by atoms with E-state index in [2.05, 4.69) is 15.4 Å². The molecule has 0 unspecified atom stereocenters. The van der Waals surface area contributed by atoms with E-state index in [1.807, 2.05) is 20.8 Å². The number of nitrogens with one attached hydrogen (secondary N) is 2. The lowest BCUT2D eigenvalue weighted by molar-refractivity contribution is -0.142. The second-order valence-electron chi connectivity index (χ2n) is 5.79. The molecule has 110 valence electrons. The number of hydrogen-bond acceptors (Lipinski definition) is 5. The summed E-state index contributed by atoms with van der Waals surface area (Å²) < 4.78 is 9.91. The van der Waals surface area contributed by atoms with E-state index in [0.29, 0.717) is 13.0 Å². The van der Waals surface area contributed by atoms with E-state index in [0.717, 1.165) is 13.0 Å². The van der Waals surface area contributed by atoms with Crippen molar-refractivity contribution in [3.05, 3.63) is 0 Å². The monoisotopic (exact) mass is 272 g/mol. The maximum Gasteiger partial charge on any atom is 0.407 e. The predicted molar refractivity (Wildman–Crippen MR) is 70.8 cm³/mol. The standard InChI is InChI=1S/C13H24N2O4/c1-13(2,3)19-12(17)15-10-5-6-14-8-9(10)7-11(16)18-4/h9-10,14H,5-8H2,1-4H3,(H,15,17)/t9-,10+/m0/s1. The average molecular weight is 272 g/mol. The van der Waals surface area contributed by atoms with Crippen LogP contribution in [0.25, 0.3) is 0 Å². The lowest BCUT2D eigenvalue weighted by atomic mass is 9.90. The van der Waals surface area contributed by atoms with Gasteiger partial charge in [-0.15, -0.1) is 0 Å². The number of piperidine rings is 1.